The zero-order valence-corrected chi connectivity index (χ0v) is 19.9. The van der Waals surface area contributed by atoms with E-state index in [0.29, 0.717) is 44.4 Å². The molecule has 1 atom stereocenters. The summed E-state index contributed by atoms with van der Waals surface area (Å²) in [6.07, 6.45) is 8.22. The molecule has 7 rings (SSSR count). The number of fused-ring (bicyclic) bond motifs is 2. The first-order chi connectivity index (χ1) is 18.6. The van der Waals surface area contributed by atoms with Crippen molar-refractivity contribution >= 4 is 17.0 Å². The van der Waals surface area contributed by atoms with Gasteiger partial charge in [0.15, 0.2) is 11.5 Å². The fraction of sp³-hybridized carbons (Fsp3) is 0.154. The molecule has 38 heavy (non-hydrogen) atoms. The summed E-state index contributed by atoms with van der Waals surface area (Å²) in [5.74, 6) is 0.923. The number of aryl methyl sites for hydroxylation is 1. The lowest BCUT2D eigenvalue weighted by Gasteiger charge is -2.14. The first kappa shape index (κ1) is 22.2. The molecule has 6 aromatic rings. The molecule has 1 aromatic carbocycles. The van der Waals surface area contributed by atoms with E-state index in [9.17, 15) is 8.78 Å². The average Bonchev–Trinajstić information content (AvgIpc) is 3.73. The number of imidazole rings is 1. The van der Waals surface area contributed by atoms with E-state index in [4.69, 9.17) is 15.7 Å². The molecule has 0 spiro atoms. The van der Waals surface area contributed by atoms with Gasteiger partial charge in [0.1, 0.15) is 17.0 Å². The van der Waals surface area contributed by atoms with Crippen LogP contribution in [0.1, 0.15) is 30.1 Å². The molecule has 0 radical (unpaired) electrons. The van der Waals surface area contributed by atoms with Crippen molar-refractivity contribution in [2.24, 2.45) is 0 Å². The molecule has 2 N–H and O–H groups in total. The van der Waals surface area contributed by atoms with Gasteiger partial charge < -0.3 is 5.73 Å². The predicted octanol–water partition coefficient (Wildman–Crippen LogP) is 4.45. The highest BCUT2D eigenvalue weighted by molar-refractivity contribution is 5.84. The molecule has 0 saturated carbocycles. The fourth-order valence-electron chi connectivity index (χ4n) is 5.09. The molecule has 1 aliphatic carbocycles. The Bertz CT molecular complexity index is 1790. The Morgan fingerprint density at radius 2 is 1.89 bits per heavy atom. The largest absolute Gasteiger partial charge is 0.383 e. The molecule has 5 aromatic heterocycles. The molecule has 5 heterocycles. The van der Waals surface area contributed by atoms with Crippen LogP contribution in [-0.2, 0) is 6.42 Å². The maximum atomic E-state index is 13.1. The van der Waals surface area contributed by atoms with E-state index < -0.39 is 6.55 Å². The highest BCUT2D eigenvalue weighted by atomic mass is 19.3. The number of anilines is 1. The number of hydrogen-bond acceptors (Lipinski definition) is 7. The highest BCUT2D eigenvalue weighted by Gasteiger charge is 2.26. The molecular formula is C26H20F2N10. The van der Waals surface area contributed by atoms with Crippen molar-refractivity contribution in [1.82, 2.24) is 44.3 Å². The molecule has 0 aliphatic heterocycles. The summed E-state index contributed by atoms with van der Waals surface area (Å²) >= 11 is 0. The van der Waals surface area contributed by atoms with Gasteiger partial charge in [0.25, 0.3) is 0 Å². The normalized spacial score (nSPS) is 15.0. The van der Waals surface area contributed by atoms with E-state index in [0.717, 1.165) is 18.5 Å². The van der Waals surface area contributed by atoms with Crippen LogP contribution in [-0.4, -0.2) is 44.3 Å². The van der Waals surface area contributed by atoms with Gasteiger partial charge in [-0.2, -0.15) is 13.9 Å². The van der Waals surface area contributed by atoms with Crippen LogP contribution in [0.5, 0.6) is 0 Å². The van der Waals surface area contributed by atoms with Crippen molar-refractivity contribution in [2.45, 2.75) is 25.4 Å². The molecule has 0 fully saturated rings. The van der Waals surface area contributed by atoms with Crippen LogP contribution >= 0.6 is 0 Å². The highest BCUT2D eigenvalue weighted by Crippen LogP contribution is 2.37. The van der Waals surface area contributed by atoms with Crippen LogP contribution in [0.3, 0.4) is 0 Å². The van der Waals surface area contributed by atoms with Crippen molar-refractivity contribution in [2.75, 3.05) is 5.73 Å². The molecule has 0 unspecified atom stereocenters. The summed E-state index contributed by atoms with van der Waals surface area (Å²) in [7, 11) is 0. The van der Waals surface area contributed by atoms with E-state index in [2.05, 4.69) is 32.5 Å². The lowest BCUT2D eigenvalue weighted by molar-refractivity contribution is 0.0568. The Morgan fingerprint density at radius 3 is 2.68 bits per heavy atom. The Labute approximate surface area is 214 Å². The van der Waals surface area contributed by atoms with E-state index in [1.165, 1.54) is 23.4 Å². The maximum absolute atomic E-state index is 13.1. The fourth-order valence-corrected chi connectivity index (χ4v) is 5.09. The average molecular weight is 511 g/mol. The summed E-state index contributed by atoms with van der Waals surface area (Å²) in [4.78, 5) is 13.9. The Hall–Kier alpha value is -5.00. The Balaban J connectivity index is 1.41. The smallest absolute Gasteiger partial charge is 0.333 e. The van der Waals surface area contributed by atoms with Gasteiger partial charge in [0.2, 0.25) is 0 Å². The Morgan fingerprint density at radius 1 is 0.974 bits per heavy atom. The third-order valence-electron chi connectivity index (χ3n) is 6.85. The number of pyridine rings is 2. The van der Waals surface area contributed by atoms with Crippen LogP contribution < -0.4 is 5.73 Å². The van der Waals surface area contributed by atoms with Crippen molar-refractivity contribution < 1.29 is 8.78 Å². The monoisotopic (exact) mass is 510 g/mol. The molecular weight excluding hydrogens is 490 g/mol. The first-order valence-electron chi connectivity index (χ1n) is 12.0. The van der Waals surface area contributed by atoms with Crippen LogP contribution in [0, 0.1) is 0 Å². The zero-order valence-electron chi connectivity index (χ0n) is 19.9. The topological polar surface area (TPSA) is 118 Å². The second kappa shape index (κ2) is 8.54. The van der Waals surface area contributed by atoms with Crippen molar-refractivity contribution in [3.8, 4) is 28.5 Å². The maximum Gasteiger partial charge on any atom is 0.333 e. The number of hydrogen-bond donors (Lipinski definition) is 1. The third kappa shape index (κ3) is 3.52. The minimum Gasteiger partial charge on any atom is -0.383 e. The van der Waals surface area contributed by atoms with Gasteiger partial charge in [0, 0.05) is 24.3 Å². The number of nitrogens with two attached hydrogens (primary N) is 1. The molecule has 12 heteroatoms. The predicted molar refractivity (Wildman–Crippen MR) is 135 cm³/mol. The number of halogens is 2. The van der Waals surface area contributed by atoms with Crippen LogP contribution in [0.2, 0.25) is 0 Å². The van der Waals surface area contributed by atoms with Gasteiger partial charge in [-0.3, -0.25) is 4.57 Å². The lowest BCUT2D eigenvalue weighted by atomic mass is 10.1. The summed E-state index contributed by atoms with van der Waals surface area (Å²) in [5.41, 5.74) is 12.1. The number of alkyl halides is 2. The van der Waals surface area contributed by atoms with Crippen molar-refractivity contribution in [3.63, 3.8) is 0 Å². The number of nitrogen functional groups attached to an aromatic ring is 1. The van der Waals surface area contributed by atoms with Crippen LogP contribution in [0.4, 0.5) is 14.6 Å². The van der Waals surface area contributed by atoms with Gasteiger partial charge in [-0.15, -0.1) is 5.10 Å². The van der Waals surface area contributed by atoms with Crippen LogP contribution in [0.15, 0.2) is 73.3 Å². The van der Waals surface area contributed by atoms with Crippen molar-refractivity contribution in [1.29, 1.82) is 0 Å². The first-order valence-corrected chi connectivity index (χ1v) is 12.0. The van der Waals surface area contributed by atoms with E-state index >= 15 is 0 Å². The SMILES string of the molecule is Nc1ncccc1-c1nc2ccc(-c3ccn(C(F)F)n3)nc2n1-c1ccc2c(c1)CC[C@@H]2n1ccnn1. The molecule has 1 aliphatic rings. The molecule has 188 valence electrons. The standard InChI is InChI=1S/C26H20F2N10/c27-26(28)37-12-9-20(34-37)19-6-7-21-25(32-19)38(24(33-21)18-2-1-10-30-23(18)29)16-4-5-17-15(14-16)3-8-22(17)36-13-11-31-35-36/h1-2,4-7,9-14,22,26H,3,8H2,(H2,29,30)/t22-/m0/s1. The number of aromatic nitrogens is 9. The van der Waals surface area contributed by atoms with E-state index in [1.54, 1.807) is 30.6 Å². The summed E-state index contributed by atoms with van der Waals surface area (Å²) in [6, 6.07) is 15.1. The number of nitrogens with zero attached hydrogens (tertiary/aromatic N) is 9. The minimum absolute atomic E-state index is 0.129. The summed E-state index contributed by atoms with van der Waals surface area (Å²) in [6.45, 7) is -2.73. The molecule has 0 amide bonds. The van der Waals surface area contributed by atoms with Gasteiger partial charge >= 0.3 is 6.55 Å². The van der Waals surface area contributed by atoms with E-state index in [1.807, 2.05) is 27.6 Å². The van der Waals surface area contributed by atoms with Gasteiger partial charge in [-0.05, 0) is 66.4 Å². The van der Waals surface area contributed by atoms with Crippen molar-refractivity contribution in [3.05, 3.63) is 84.4 Å². The second-order valence-electron chi connectivity index (χ2n) is 9.03. The van der Waals surface area contributed by atoms with Gasteiger partial charge in [0.05, 0.1) is 23.5 Å². The minimum atomic E-state index is -2.73. The van der Waals surface area contributed by atoms with E-state index in [-0.39, 0.29) is 6.04 Å². The Kier molecular flexibility index (Phi) is 4.99. The second-order valence-corrected chi connectivity index (χ2v) is 9.03. The van der Waals surface area contributed by atoms with Gasteiger partial charge in [-0.1, -0.05) is 11.3 Å². The third-order valence-corrected chi connectivity index (χ3v) is 6.85. The number of benzene rings is 1. The zero-order chi connectivity index (χ0) is 25.8. The lowest BCUT2D eigenvalue weighted by Crippen LogP contribution is -2.08. The van der Waals surface area contributed by atoms with Gasteiger partial charge in [-0.25, -0.2) is 24.3 Å². The number of rotatable bonds is 5. The molecule has 0 saturated heterocycles. The molecule has 10 nitrogen and oxygen atoms in total. The van der Waals surface area contributed by atoms with Crippen LogP contribution in [0.25, 0.3) is 39.6 Å². The summed E-state index contributed by atoms with van der Waals surface area (Å²) in [5, 5.41) is 12.1. The quantitative estimate of drug-likeness (QED) is 0.364. The molecule has 0 bridgehead atoms. The summed E-state index contributed by atoms with van der Waals surface area (Å²) < 4.78 is 30.7.